The molecule has 4 rings (SSSR count). The SMILES string of the molecule is O=C(CCc1c[nH]c2ccccc12)N1CC2CCCCC2C1. The van der Waals surface area contributed by atoms with Gasteiger partial charge in [-0.05, 0) is 42.7 Å². The largest absolute Gasteiger partial charge is 0.361 e. The van der Waals surface area contributed by atoms with Crippen LogP contribution in [0.5, 0.6) is 0 Å². The van der Waals surface area contributed by atoms with Gasteiger partial charge in [-0.1, -0.05) is 31.0 Å². The number of aromatic nitrogens is 1. The second kappa shape index (κ2) is 5.79. The van der Waals surface area contributed by atoms with Crippen molar-refractivity contribution in [3.8, 4) is 0 Å². The molecule has 2 aliphatic rings. The lowest BCUT2D eigenvalue weighted by Crippen LogP contribution is -2.29. The van der Waals surface area contributed by atoms with E-state index in [1.807, 2.05) is 6.07 Å². The van der Waals surface area contributed by atoms with Crippen LogP contribution in [-0.4, -0.2) is 28.9 Å². The van der Waals surface area contributed by atoms with Gasteiger partial charge in [-0.15, -0.1) is 0 Å². The Morgan fingerprint density at radius 3 is 2.64 bits per heavy atom. The maximum atomic E-state index is 12.5. The van der Waals surface area contributed by atoms with E-state index in [4.69, 9.17) is 0 Å². The Balaban J connectivity index is 1.38. The molecule has 2 atom stereocenters. The summed E-state index contributed by atoms with van der Waals surface area (Å²) < 4.78 is 0. The standard InChI is InChI=1S/C19H24N2O/c22-19(21-12-15-5-1-2-6-16(15)13-21)10-9-14-11-20-18-8-4-3-7-17(14)18/h3-4,7-8,11,15-16,20H,1-2,5-6,9-10,12-13H2. The van der Waals surface area contributed by atoms with E-state index in [2.05, 4.69) is 34.3 Å². The first-order chi connectivity index (χ1) is 10.8. The fraction of sp³-hybridized carbons (Fsp3) is 0.526. The minimum atomic E-state index is 0.347. The second-order valence-electron chi connectivity index (χ2n) is 6.96. The number of benzene rings is 1. The van der Waals surface area contributed by atoms with Crippen molar-refractivity contribution in [1.29, 1.82) is 0 Å². The molecule has 1 aromatic heterocycles. The van der Waals surface area contributed by atoms with E-state index in [1.165, 1.54) is 36.6 Å². The first-order valence-corrected chi connectivity index (χ1v) is 8.64. The van der Waals surface area contributed by atoms with Crippen molar-refractivity contribution < 1.29 is 4.79 Å². The van der Waals surface area contributed by atoms with Crippen molar-refractivity contribution in [2.24, 2.45) is 11.8 Å². The smallest absolute Gasteiger partial charge is 0.222 e. The van der Waals surface area contributed by atoms with Gasteiger partial charge in [0.25, 0.3) is 0 Å². The molecule has 2 heterocycles. The number of carbonyl (C=O) groups excluding carboxylic acids is 1. The average molecular weight is 296 g/mol. The van der Waals surface area contributed by atoms with Gasteiger partial charge in [0.05, 0.1) is 0 Å². The summed E-state index contributed by atoms with van der Waals surface area (Å²) >= 11 is 0. The van der Waals surface area contributed by atoms with E-state index in [0.29, 0.717) is 12.3 Å². The molecule has 1 saturated carbocycles. The first kappa shape index (κ1) is 13.9. The lowest BCUT2D eigenvalue weighted by molar-refractivity contribution is -0.130. The van der Waals surface area contributed by atoms with E-state index in [1.54, 1.807) is 0 Å². The number of H-pyrrole nitrogens is 1. The third kappa shape index (κ3) is 2.53. The predicted octanol–water partition coefficient (Wildman–Crippen LogP) is 3.75. The third-order valence-corrected chi connectivity index (χ3v) is 5.61. The first-order valence-electron chi connectivity index (χ1n) is 8.64. The van der Waals surface area contributed by atoms with Crippen LogP contribution in [0.2, 0.25) is 0 Å². The highest BCUT2D eigenvalue weighted by Crippen LogP contribution is 2.36. The number of aryl methyl sites for hydroxylation is 1. The number of hydrogen-bond acceptors (Lipinski definition) is 1. The summed E-state index contributed by atoms with van der Waals surface area (Å²) in [6.45, 7) is 2.02. The maximum Gasteiger partial charge on any atom is 0.222 e. The normalized spacial score (nSPS) is 24.6. The van der Waals surface area contributed by atoms with E-state index in [0.717, 1.165) is 36.9 Å². The van der Waals surface area contributed by atoms with Crippen molar-refractivity contribution in [1.82, 2.24) is 9.88 Å². The Hall–Kier alpha value is -1.77. The number of fused-ring (bicyclic) bond motifs is 2. The van der Waals surface area contributed by atoms with Crippen molar-refractivity contribution in [3.05, 3.63) is 36.0 Å². The number of nitrogens with zero attached hydrogens (tertiary/aromatic N) is 1. The zero-order chi connectivity index (χ0) is 14.9. The Morgan fingerprint density at radius 2 is 1.86 bits per heavy atom. The summed E-state index contributed by atoms with van der Waals surface area (Å²) in [5.41, 5.74) is 2.43. The van der Waals surface area contributed by atoms with Crippen LogP contribution in [0.1, 0.15) is 37.7 Å². The van der Waals surface area contributed by atoms with Gasteiger partial charge in [-0.25, -0.2) is 0 Å². The highest BCUT2D eigenvalue weighted by molar-refractivity contribution is 5.84. The Morgan fingerprint density at radius 1 is 1.14 bits per heavy atom. The van der Waals surface area contributed by atoms with Crippen LogP contribution >= 0.6 is 0 Å². The molecule has 2 fully saturated rings. The number of amides is 1. The monoisotopic (exact) mass is 296 g/mol. The van der Waals surface area contributed by atoms with Gasteiger partial charge in [0.15, 0.2) is 0 Å². The lowest BCUT2D eigenvalue weighted by Gasteiger charge is -2.22. The average Bonchev–Trinajstić information content (AvgIpc) is 3.16. The summed E-state index contributed by atoms with van der Waals surface area (Å²) in [5, 5.41) is 1.25. The highest BCUT2D eigenvalue weighted by Gasteiger charge is 2.36. The summed E-state index contributed by atoms with van der Waals surface area (Å²) in [6.07, 6.45) is 8.92. The molecule has 0 spiro atoms. The minimum absolute atomic E-state index is 0.347. The zero-order valence-corrected chi connectivity index (χ0v) is 13.1. The van der Waals surface area contributed by atoms with Gasteiger partial charge in [-0.3, -0.25) is 4.79 Å². The summed E-state index contributed by atoms with van der Waals surface area (Å²) in [5.74, 6) is 1.91. The van der Waals surface area contributed by atoms with E-state index in [-0.39, 0.29) is 0 Å². The molecule has 0 radical (unpaired) electrons. The third-order valence-electron chi connectivity index (χ3n) is 5.61. The number of rotatable bonds is 3. The molecule has 3 nitrogen and oxygen atoms in total. The number of likely N-dealkylation sites (tertiary alicyclic amines) is 1. The molecule has 1 aliphatic heterocycles. The molecule has 1 aliphatic carbocycles. The van der Waals surface area contributed by atoms with Gasteiger partial charge >= 0.3 is 0 Å². The molecule has 1 N–H and O–H groups in total. The molecule has 2 aromatic rings. The molecule has 0 bridgehead atoms. The number of nitrogens with one attached hydrogen (secondary N) is 1. The lowest BCUT2D eigenvalue weighted by atomic mass is 9.82. The molecule has 116 valence electrons. The summed E-state index contributed by atoms with van der Waals surface area (Å²) in [6, 6.07) is 8.33. The maximum absolute atomic E-state index is 12.5. The van der Waals surface area contributed by atoms with Crippen LogP contribution in [0.4, 0.5) is 0 Å². The van der Waals surface area contributed by atoms with E-state index in [9.17, 15) is 4.79 Å². The summed E-state index contributed by atoms with van der Waals surface area (Å²) in [4.78, 5) is 18.0. The van der Waals surface area contributed by atoms with Gasteiger partial charge in [0.2, 0.25) is 5.91 Å². The zero-order valence-electron chi connectivity index (χ0n) is 13.1. The van der Waals surface area contributed by atoms with Crippen LogP contribution in [0.25, 0.3) is 10.9 Å². The van der Waals surface area contributed by atoms with Crippen molar-refractivity contribution >= 4 is 16.8 Å². The quantitative estimate of drug-likeness (QED) is 0.920. The van der Waals surface area contributed by atoms with Crippen LogP contribution in [0, 0.1) is 11.8 Å². The minimum Gasteiger partial charge on any atom is -0.361 e. The molecule has 22 heavy (non-hydrogen) atoms. The molecule has 1 saturated heterocycles. The summed E-state index contributed by atoms with van der Waals surface area (Å²) in [7, 11) is 0. The van der Waals surface area contributed by atoms with Crippen molar-refractivity contribution in [3.63, 3.8) is 0 Å². The second-order valence-corrected chi connectivity index (χ2v) is 6.96. The highest BCUT2D eigenvalue weighted by atomic mass is 16.2. The number of carbonyl (C=O) groups is 1. The van der Waals surface area contributed by atoms with Crippen molar-refractivity contribution in [2.45, 2.75) is 38.5 Å². The van der Waals surface area contributed by atoms with Gasteiger partial charge in [0.1, 0.15) is 0 Å². The molecule has 1 amide bonds. The van der Waals surface area contributed by atoms with Gasteiger partial charge < -0.3 is 9.88 Å². The number of aromatic amines is 1. The van der Waals surface area contributed by atoms with Crippen LogP contribution in [0.15, 0.2) is 30.5 Å². The molecular weight excluding hydrogens is 272 g/mol. The topological polar surface area (TPSA) is 36.1 Å². The predicted molar refractivity (Wildman–Crippen MR) is 88.6 cm³/mol. The Kier molecular flexibility index (Phi) is 3.65. The fourth-order valence-electron chi connectivity index (χ4n) is 4.35. The van der Waals surface area contributed by atoms with Crippen LogP contribution in [0.3, 0.4) is 0 Å². The Labute approximate surface area is 131 Å². The van der Waals surface area contributed by atoms with Crippen molar-refractivity contribution in [2.75, 3.05) is 13.1 Å². The molecule has 2 unspecified atom stereocenters. The van der Waals surface area contributed by atoms with Gasteiger partial charge in [0, 0.05) is 36.6 Å². The van der Waals surface area contributed by atoms with E-state index >= 15 is 0 Å². The fourth-order valence-corrected chi connectivity index (χ4v) is 4.35. The molecule has 3 heteroatoms. The number of para-hydroxylation sites is 1. The van der Waals surface area contributed by atoms with E-state index < -0.39 is 0 Å². The Bertz CT molecular complexity index is 661. The van der Waals surface area contributed by atoms with Crippen LogP contribution < -0.4 is 0 Å². The molecular formula is C19H24N2O. The van der Waals surface area contributed by atoms with Gasteiger partial charge in [-0.2, -0.15) is 0 Å². The molecule has 1 aromatic carbocycles. The number of hydrogen-bond donors (Lipinski definition) is 1. The van der Waals surface area contributed by atoms with Crippen LogP contribution in [-0.2, 0) is 11.2 Å².